The lowest BCUT2D eigenvalue weighted by Gasteiger charge is -2.41. The molecule has 4 aromatic rings. The largest absolute Gasteiger partial charge is 0.444 e. The quantitative estimate of drug-likeness (QED) is 0.172. The highest BCUT2D eigenvalue weighted by Gasteiger charge is 2.43. The van der Waals surface area contributed by atoms with Crippen molar-refractivity contribution in [1.82, 2.24) is 24.8 Å². The summed E-state index contributed by atoms with van der Waals surface area (Å²) in [5, 5.41) is 2.94. The number of aryl methyl sites for hydroxylation is 1. The zero-order valence-electron chi connectivity index (χ0n) is 24.7. The molecule has 5 rings (SSSR count). The normalized spacial score (nSPS) is 14.4. The Labute approximate surface area is 261 Å². The van der Waals surface area contributed by atoms with E-state index in [-0.39, 0.29) is 17.8 Å². The maximum absolute atomic E-state index is 15.6. The second-order valence-electron chi connectivity index (χ2n) is 11.7. The van der Waals surface area contributed by atoms with Gasteiger partial charge in [0.1, 0.15) is 28.2 Å². The van der Waals surface area contributed by atoms with E-state index >= 15 is 4.39 Å². The Bertz CT molecular complexity index is 1680. The first-order chi connectivity index (χ1) is 20.9. The van der Waals surface area contributed by atoms with Gasteiger partial charge in [0.2, 0.25) is 0 Å². The summed E-state index contributed by atoms with van der Waals surface area (Å²) in [6.07, 6.45) is 7.70. The highest BCUT2D eigenvalue weighted by atomic mass is 79.9. The molecule has 0 atom stereocenters. The molecule has 2 heterocycles. The first kappa shape index (κ1) is 31.5. The number of nitrogens with zero attached hydrogens (tertiary/aromatic N) is 4. The standard InChI is InChI=1S/C32H33BrF3N5O3/c1-5-6-11-26-39-27-23(34)14-19(15-24(27)41(26)18-21-22(33)9-7-10-25(21)43-29(35)36)20-16-37-28(38-17-20)32(12-8-13-32)40-30(42)44-31(2,3)4/h5,7,9-10,14-17,29H,1,6,8,11-13,18H2,2-4H3,(H,40,42). The number of aromatic nitrogens is 4. The predicted octanol–water partition coefficient (Wildman–Crippen LogP) is 8.07. The van der Waals surface area contributed by atoms with Crippen molar-refractivity contribution < 1.29 is 27.4 Å². The Kier molecular flexibility index (Phi) is 9.01. The Morgan fingerprint density at radius 1 is 1.20 bits per heavy atom. The van der Waals surface area contributed by atoms with Gasteiger partial charge in [-0.15, -0.1) is 6.58 Å². The van der Waals surface area contributed by atoms with Gasteiger partial charge in [0.05, 0.1) is 12.1 Å². The van der Waals surface area contributed by atoms with Crippen LogP contribution in [0, 0.1) is 5.82 Å². The second-order valence-corrected chi connectivity index (χ2v) is 12.6. The number of fused-ring (bicyclic) bond motifs is 1. The van der Waals surface area contributed by atoms with Crippen LogP contribution in [0.25, 0.3) is 22.2 Å². The number of amides is 1. The van der Waals surface area contributed by atoms with Gasteiger partial charge in [-0.2, -0.15) is 8.78 Å². The zero-order valence-corrected chi connectivity index (χ0v) is 26.3. The summed E-state index contributed by atoms with van der Waals surface area (Å²) in [5.74, 6) is 0.494. The number of alkyl carbamates (subject to hydrolysis) is 1. The van der Waals surface area contributed by atoms with Crippen LogP contribution < -0.4 is 10.1 Å². The van der Waals surface area contributed by atoms with Gasteiger partial charge in [-0.1, -0.05) is 28.1 Å². The molecule has 0 saturated heterocycles. The lowest BCUT2D eigenvalue weighted by molar-refractivity contribution is -0.0505. The molecule has 1 aliphatic carbocycles. The van der Waals surface area contributed by atoms with Crippen LogP contribution >= 0.6 is 15.9 Å². The van der Waals surface area contributed by atoms with Gasteiger partial charge < -0.3 is 19.4 Å². The van der Waals surface area contributed by atoms with E-state index in [0.29, 0.717) is 64.0 Å². The van der Waals surface area contributed by atoms with Gasteiger partial charge in [-0.3, -0.25) is 0 Å². The first-order valence-corrected chi connectivity index (χ1v) is 15.0. The van der Waals surface area contributed by atoms with E-state index in [2.05, 4.69) is 42.8 Å². The average Bonchev–Trinajstić information content (AvgIpc) is 3.28. The monoisotopic (exact) mass is 671 g/mol. The number of carbonyl (C=O) groups excluding carboxylic acids is 1. The molecule has 44 heavy (non-hydrogen) atoms. The van der Waals surface area contributed by atoms with Gasteiger partial charge in [0.15, 0.2) is 11.6 Å². The van der Waals surface area contributed by atoms with Gasteiger partial charge in [0.25, 0.3) is 0 Å². The molecule has 1 fully saturated rings. The third-order valence-electron chi connectivity index (χ3n) is 7.43. The van der Waals surface area contributed by atoms with Gasteiger partial charge in [-0.25, -0.2) is 24.1 Å². The minimum atomic E-state index is -3.01. The summed E-state index contributed by atoms with van der Waals surface area (Å²) in [7, 11) is 0. The molecule has 1 amide bonds. The Morgan fingerprint density at radius 3 is 2.55 bits per heavy atom. The summed E-state index contributed by atoms with van der Waals surface area (Å²) < 4.78 is 54.6. The molecule has 1 aliphatic rings. The number of allylic oxidation sites excluding steroid dienone is 1. The van der Waals surface area contributed by atoms with E-state index < -0.39 is 29.7 Å². The van der Waals surface area contributed by atoms with Crippen LogP contribution in [-0.2, 0) is 23.2 Å². The molecule has 232 valence electrons. The number of rotatable bonds is 10. The number of carbonyl (C=O) groups is 1. The van der Waals surface area contributed by atoms with E-state index in [4.69, 9.17) is 9.47 Å². The average molecular weight is 673 g/mol. The van der Waals surface area contributed by atoms with Crippen molar-refractivity contribution in [1.29, 1.82) is 0 Å². The molecule has 0 unspecified atom stereocenters. The van der Waals surface area contributed by atoms with Gasteiger partial charge >= 0.3 is 12.7 Å². The fourth-order valence-corrected chi connectivity index (χ4v) is 5.68. The summed E-state index contributed by atoms with van der Waals surface area (Å²) in [6.45, 7) is 6.26. The number of alkyl halides is 2. The molecule has 2 aromatic heterocycles. The molecule has 0 spiro atoms. The Morgan fingerprint density at radius 2 is 1.93 bits per heavy atom. The zero-order chi connectivity index (χ0) is 31.6. The third kappa shape index (κ3) is 6.74. The number of nitrogens with one attached hydrogen (secondary N) is 1. The molecule has 0 aliphatic heterocycles. The number of benzene rings is 2. The maximum atomic E-state index is 15.6. The van der Waals surface area contributed by atoms with Gasteiger partial charge in [0, 0.05) is 34.4 Å². The van der Waals surface area contributed by atoms with Crippen LogP contribution in [0.1, 0.15) is 63.7 Å². The van der Waals surface area contributed by atoms with Gasteiger partial charge in [-0.05, 0) is 76.3 Å². The highest BCUT2D eigenvalue weighted by molar-refractivity contribution is 9.10. The second kappa shape index (κ2) is 12.6. The molecule has 0 bridgehead atoms. The minimum absolute atomic E-state index is 0.0106. The summed E-state index contributed by atoms with van der Waals surface area (Å²) in [6, 6.07) is 7.95. The van der Waals surface area contributed by atoms with Crippen LogP contribution in [0.2, 0.25) is 0 Å². The SMILES string of the molecule is C=CCCc1nc2c(F)cc(-c3cnc(C4(NC(=O)OC(C)(C)C)CCC4)nc3)cc2n1Cc1c(Br)cccc1OC(F)F. The van der Waals surface area contributed by atoms with Crippen LogP contribution in [0.5, 0.6) is 5.75 Å². The Hall–Kier alpha value is -3.93. The summed E-state index contributed by atoms with van der Waals surface area (Å²) >= 11 is 3.45. The van der Waals surface area contributed by atoms with E-state index in [1.54, 1.807) is 62.0 Å². The first-order valence-electron chi connectivity index (χ1n) is 14.2. The maximum Gasteiger partial charge on any atom is 0.408 e. The van der Waals surface area contributed by atoms with Crippen molar-refractivity contribution in [2.45, 2.75) is 77.2 Å². The highest BCUT2D eigenvalue weighted by Crippen LogP contribution is 2.40. The number of hydrogen-bond acceptors (Lipinski definition) is 6. The van der Waals surface area contributed by atoms with E-state index in [0.717, 1.165) is 6.42 Å². The van der Waals surface area contributed by atoms with Crippen LogP contribution in [0.4, 0.5) is 18.0 Å². The molecule has 0 radical (unpaired) electrons. The number of imidazole rings is 1. The number of hydrogen-bond donors (Lipinski definition) is 1. The molecule has 8 nitrogen and oxygen atoms in total. The molecular formula is C32H33BrF3N5O3. The smallest absolute Gasteiger partial charge is 0.408 e. The number of ether oxygens (including phenoxy) is 2. The van der Waals surface area contributed by atoms with Crippen molar-refractivity contribution in [3.05, 3.63) is 82.9 Å². The lowest BCUT2D eigenvalue weighted by Crippen LogP contribution is -2.53. The minimum Gasteiger partial charge on any atom is -0.444 e. The lowest BCUT2D eigenvalue weighted by atomic mass is 9.76. The molecule has 2 aromatic carbocycles. The van der Waals surface area contributed by atoms with E-state index in [1.165, 1.54) is 12.1 Å². The predicted molar refractivity (Wildman–Crippen MR) is 164 cm³/mol. The van der Waals surface area contributed by atoms with Crippen molar-refractivity contribution in [3.63, 3.8) is 0 Å². The topological polar surface area (TPSA) is 91.2 Å². The van der Waals surface area contributed by atoms with Crippen molar-refractivity contribution in [2.75, 3.05) is 0 Å². The van der Waals surface area contributed by atoms with E-state index in [1.807, 2.05) is 0 Å². The molecule has 1 saturated carbocycles. The van der Waals surface area contributed by atoms with Crippen LogP contribution in [-0.4, -0.2) is 37.8 Å². The fourth-order valence-electron chi connectivity index (χ4n) is 5.21. The van der Waals surface area contributed by atoms with Crippen LogP contribution in [0.15, 0.2) is 59.9 Å². The Balaban J connectivity index is 1.51. The van der Waals surface area contributed by atoms with Crippen molar-refractivity contribution >= 4 is 33.1 Å². The molecular weight excluding hydrogens is 639 g/mol. The fraction of sp³-hybridized carbons (Fsp3) is 0.375. The summed E-state index contributed by atoms with van der Waals surface area (Å²) in [5.41, 5.74) is 0.798. The third-order valence-corrected chi connectivity index (χ3v) is 8.17. The van der Waals surface area contributed by atoms with Crippen LogP contribution in [0.3, 0.4) is 0 Å². The van der Waals surface area contributed by atoms with Crippen molar-refractivity contribution in [2.24, 2.45) is 0 Å². The number of halogens is 4. The molecule has 1 N–H and O–H groups in total. The van der Waals surface area contributed by atoms with E-state index in [9.17, 15) is 13.6 Å². The van der Waals surface area contributed by atoms with Crippen molar-refractivity contribution in [3.8, 4) is 16.9 Å². The molecule has 12 heteroatoms. The summed E-state index contributed by atoms with van der Waals surface area (Å²) in [4.78, 5) is 26.2.